The molecule has 4 nitrogen and oxygen atoms in total. The standard InChI is InChI=1S/C11H18N2O2/c1-10(2)6-14-8(12-10)5-9-13-11(3,4)7-15-9/h5-7H2,1-4H3. The average molecular weight is 210 g/mol. The third-order valence-corrected chi connectivity index (χ3v) is 2.34. The molecule has 2 heterocycles. The summed E-state index contributed by atoms with van der Waals surface area (Å²) in [6.07, 6.45) is 0.590. The summed E-state index contributed by atoms with van der Waals surface area (Å²) in [5, 5.41) is 0. The molecule has 0 N–H and O–H groups in total. The number of nitrogens with zero attached hydrogens (tertiary/aromatic N) is 2. The third-order valence-electron chi connectivity index (χ3n) is 2.34. The molecule has 0 amide bonds. The van der Waals surface area contributed by atoms with Gasteiger partial charge < -0.3 is 9.47 Å². The molecule has 0 unspecified atom stereocenters. The van der Waals surface area contributed by atoms with Crippen molar-refractivity contribution in [2.45, 2.75) is 45.2 Å². The fourth-order valence-electron chi connectivity index (χ4n) is 1.63. The summed E-state index contributed by atoms with van der Waals surface area (Å²) in [6.45, 7) is 9.53. The number of hydrogen-bond acceptors (Lipinski definition) is 4. The first-order valence-electron chi connectivity index (χ1n) is 5.29. The van der Waals surface area contributed by atoms with Crippen LogP contribution in [0.2, 0.25) is 0 Å². The van der Waals surface area contributed by atoms with Crippen molar-refractivity contribution in [1.82, 2.24) is 0 Å². The molecule has 84 valence electrons. The van der Waals surface area contributed by atoms with Gasteiger partial charge in [0.05, 0.1) is 17.5 Å². The molecule has 0 aromatic rings. The molecule has 0 aliphatic carbocycles. The molecule has 2 aliphatic heterocycles. The maximum Gasteiger partial charge on any atom is 0.193 e. The first-order chi connectivity index (χ1) is 6.86. The second-order valence-corrected chi connectivity index (χ2v) is 5.39. The Bertz CT molecular complexity index is 297. The van der Waals surface area contributed by atoms with Crippen LogP contribution in [0.15, 0.2) is 9.98 Å². The zero-order valence-electron chi connectivity index (χ0n) is 9.83. The first-order valence-corrected chi connectivity index (χ1v) is 5.29. The lowest BCUT2D eigenvalue weighted by Crippen LogP contribution is -2.17. The van der Waals surface area contributed by atoms with Crippen molar-refractivity contribution in [2.75, 3.05) is 13.2 Å². The predicted molar refractivity (Wildman–Crippen MR) is 59.5 cm³/mol. The Morgan fingerprint density at radius 3 is 1.60 bits per heavy atom. The predicted octanol–water partition coefficient (Wildman–Crippen LogP) is 1.79. The quantitative estimate of drug-likeness (QED) is 0.697. The Hall–Kier alpha value is -1.06. The molecule has 0 bridgehead atoms. The lowest BCUT2D eigenvalue weighted by atomic mass is 10.1. The zero-order valence-corrected chi connectivity index (χ0v) is 9.83. The van der Waals surface area contributed by atoms with Crippen LogP contribution < -0.4 is 0 Å². The van der Waals surface area contributed by atoms with Crippen LogP contribution in [0.3, 0.4) is 0 Å². The largest absolute Gasteiger partial charge is 0.478 e. The van der Waals surface area contributed by atoms with E-state index in [1.165, 1.54) is 0 Å². The van der Waals surface area contributed by atoms with Crippen LogP contribution >= 0.6 is 0 Å². The first kappa shape index (κ1) is 10.5. The number of hydrogen-bond donors (Lipinski definition) is 0. The zero-order chi connectivity index (χ0) is 11.1. The second-order valence-electron chi connectivity index (χ2n) is 5.39. The average Bonchev–Trinajstić information content (AvgIpc) is 2.56. The Morgan fingerprint density at radius 2 is 1.33 bits per heavy atom. The maximum atomic E-state index is 5.49. The van der Waals surface area contributed by atoms with Crippen molar-refractivity contribution in [3.63, 3.8) is 0 Å². The van der Waals surface area contributed by atoms with Gasteiger partial charge in [-0.1, -0.05) is 0 Å². The molecule has 15 heavy (non-hydrogen) atoms. The molecule has 2 rings (SSSR count). The van der Waals surface area contributed by atoms with Gasteiger partial charge in [0, 0.05) is 0 Å². The van der Waals surface area contributed by atoms with Gasteiger partial charge in [0.25, 0.3) is 0 Å². The molecule has 2 aliphatic rings. The highest BCUT2D eigenvalue weighted by molar-refractivity contribution is 5.98. The van der Waals surface area contributed by atoms with E-state index in [2.05, 4.69) is 37.7 Å². The molecule has 0 radical (unpaired) electrons. The second kappa shape index (κ2) is 3.22. The summed E-state index contributed by atoms with van der Waals surface area (Å²) in [6, 6.07) is 0. The van der Waals surface area contributed by atoms with Gasteiger partial charge in [-0.05, 0) is 27.7 Å². The molecular weight excluding hydrogens is 192 g/mol. The summed E-state index contributed by atoms with van der Waals surface area (Å²) in [5.74, 6) is 1.49. The molecule has 0 aromatic heterocycles. The number of ether oxygens (including phenoxy) is 2. The van der Waals surface area contributed by atoms with Crippen LogP contribution in [0.1, 0.15) is 34.1 Å². The molecule has 0 aromatic carbocycles. The van der Waals surface area contributed by atoms with Crippen molar-refractivity contribution in [1.29, 1.82) is 0 Å². The van der Waals surface area contributed by atoms with Crippen LogP contribution in [0.5, 0.6) is 0 Å². The van der Waals surface area contributed by atoms with Crippen LogP contribution in [-0.4, -0.2) is 36.1 Å². The highest BCUT2D eigenvalue weighted by Gasteiger charge is 2.31. The molecule has 0 atom stereocenters. The lowest BCUT2D eigenvalue weighted by molar-refractivity contribution is 0.265. The SMILES string of the molecule is CC1(C)COC(CC2=NC(C)(C)CO2)=N1. The summed E-state index contributed by atoms with van der Waals surface area (Å²) in [5.41, 5.74) is -0.186. The molecule has 0 spiro atoms. The Labute approximate surface area is 90.4 Å². The highest BCUT2D eigenvalue weighted by Crippen LogP contribution is 2.22. The highest BCUT2D eigenvalue weighted by atomic mass is 16.5. The van der Waals surface area contributed by atoms with Gasteiger partial charge in [-0.2, -0.15) is 0 Å². The van der Waals surface area contributed by atoms with E-state index in [-0.39, 0.29) is 11.1 Å². The van der Waals surface area contributed by atoms with E-state index >= 15 is 0 Å². The van der Waals surface area contributed by atoms with E-state index in [1.54, 1.807) is 0 Å². The van der Waals surface area contributed by atoms with E-state index < -0.39 is 0 Å². The molecular formula is C11H18N2O2. The van der Waals surface area contributed by atoms with E-state index in [4.69, 9.17) is 9.47 Å². The Morgan fingerprint density at radius 1 is 0.933 bits per heavy atom. The monoisotopic (exact) mass is 210 g/mol. The van der Waals surface area contributed by atoms with Gasteiger partial charge in [-0.3, -0.25) is 0 Å². The van der Waals surface area contributed by atoms with Crippen molar-refractivity contribution in [3.05, 3.63) is 0 Å². The van der Waals surface area contributed by atoms with Gasteiger partial charge in [0.1, 0.15) is 13.2 Å². The van der Waals surface area contributed by atoms with Crippen LogP contribution in [-0.2, 0) is 9.47 Å². The van der Waals surface area contributed by atoms with Gasteiger partial charge >= 0.3 is 0 Å². The van der Waals surface area contributed by atoms with Crippen molar-refractivity contribution < 1.29 is 9.47 Å². The van der Waals surface area contributed by atoms with Crippen molar-refractivity contribution >= 4 is 11.8 Å². The van der Waals surface area contributed by atoms with E-state index in [0.717, 1.165) is 11.8 Å². The topological polar surface area (TPSA) is 43.2 Å². The number of aliphatic imine (C=N–C) groups is 2. The normalized spacial score (nSPS) is 26.7. The fraction of sp³-hybridized carbons (Fsp3) is 0.818. The maximum absolute atomic E-state index is 5.49. The smallest absolute Gasteiger partial charge is 0.193 e. The minimum Gasteiger partial charge on any atom is -0.478 e. The molecule has 0 saturated carbocycles. The van der Waals surface area contributed by atoms with E-state index in [0.29, 0.717) is 19.6 Å². The summed E-state index contributed by atoms with van der Waals surface area (Å²) in [4.78, 5) is 8.93. The van der Waals surface area contributed by atoms with Gasteiger partial charge in [-0.15, -0.1) is 0 Å². The molecule has 0 fully saturated rings. The Balaban J connectivity index is 2.00. The van der Waals surface area contributed by atoms with E-state index in [1.807, 2.05) is 0 Å². The van der Waals surface area contributed by atoms with Crippen molar-refractivity contribution in [3.8, 4) is 0 Å². The van der Waals surface area contributed by atoms with Crippen LogP contribution in [0, 0.1) is 0 Å². The van der Waals surface area contributed by atoms with Gasteiger partial charge in [-0.25, -0.2) is 9.98 Å². The summed E-state index contributed by atoms with van der Waals surface area (Å²) in [7, 11) is 0. The van der Waals surface area contributed by atoms with Crippen LogP contribution in [0.4, 0.5) is 0 Å². The molecule has 0 saturated heterocycles. The third kappa shape index (κ3) is 2.49. The Kier molecular flexibility index (Phi) is 2.24. The number of rotatable bonds is 2. The van der Waals surface area contributed by atoms with Crippen LogP contribution in [0.25, 0.3) is 0 Å². The van der Waals surface area contributed by atoms with E-state index in [9.17, 15) is 0 Å². The lowest BCUT2D eigenvalue weighted by Gasteiger charge is -2.07. The van der Waals surface area contributed by atoms with Crippen molar-refractivity contribution in [2.24, 2.45) is 9.98 Å². The van der Waals surface area contributed by atoms with Gasteiger partial charge in [0.15, 0.2) is 11.8 Å². The summed E-state index contributed by atoms with van der Waals surface area (Å²) < 4.78 is 11.0. The summed E-state index contributed by atoms with van der Waals surface area (Å²) >= 11 is 0. The fourth-order valence-corrected chi connectivity index (χ4v) is 1.63. The minimum atomic E-state index is -0.0932. The van der Waals surface area contributed by atoms with Gasteiger partial charge in [0.2, 0.25) is 0 Å². The molecule has 4 heteroatoms. The minimum absolute atomic E-state index is 0.0932.